The van der Waals surface area contributed by atoms with Gasteiger partial charge in [-0.1, -0.05) is 59.6 Å². The molecule has 5 heteroatoms. The number of nitrogens with zero attached hydrogens (tertiary/aromatic N) is 1. The first-order chi connectivity index (χ1) is 12.7. The molecule has 2 aromatic rings. The van der Waals surface area contributed by atoms with E-state index in [1.807, 2.05) is 12.1 Å². The molecule has 1 unspecified atom stereocenters. The standard InChI is InChI=1S/C22H28Cl2N2.ClH/c23-21-7-6-19(15-22(21)24)20(16-25)10-13-26-11-8-18(9-12-26)14-17-4-2-1-3-5-17;/h1-7,15,18,20H,8-14,16,25H2;1H. The van der Waals surface area contributed by atoms with Crippen molar-refractivity contribution in [3.05, 3.63) is 69.7 Å². The van der Waals surface area contributed by atoms with Crippen LogP contribution in [0.15, 0.2) is 48.5 Å². The van der Waals surface area contributed by atoms with Gasteiger partial charge in [-0.15, -0.1) is 12.4 Å². The number of hydrogen-bond acceptors (Lipinski definition) is 2. The van der Waals surface area contributed by atoms with Crippen LogP contribution in [0.2, 0.25) is 10.0 Å². The molecule has 1 saturated heterocycles. The van der Waals surface area contributed by atoms with Gasteiger partial charge in [-0.05, 0) is 87.0 Å². The first kappa shape index (κ1) is 22.5. The van der Waals surface area contributed by atoms with E-state index in [1.54, 1.807) is 0 Å². The van der Waals surface area contributed by atoms with Crippen molar-refractivity contribution in [2.45, 2.75) is 31.6 Å². The summed E-state index contributed by atoms with van der Waals surface area (Å²) in [5.41, 5.74) is 8.68. The monoisotopic (exact) mass is 426 g/mol. The van der Waals surface area contributed by atoms with Crippen LogP contribution in [0.1, 0.15) is 36.3 Å². The summed E-state index contributed by atoms with van der Waals surface area (Å²) in [5.74, 6) is 1.15. The van der Waals surface area contributed by atoms with E-state index in [4.69, 9.17) is 28.9 Å². The maximum atomic E-state index is 6.16. The average Bonchev–Trinajstić information content (AvgIpc) is 2.67. The van der Waals surface area contributed by atoms with E-state index in [0.29, 0.717) is 22.5 Å². The number of rotatable bonds is 7. The number of piperidine rings is 1. The van der Waals surface area contributed by atoms with Gasteiger partial charge in [0, 0.05) is 0 Å². The second-order valence-corrected chi connectivity index (χ2v) is 8.18. The molecule has 1 aliphatic heterocycles. The minimum Gasteiger partial charge on any atom is -0.330 e. The van der Waals surface area contributed by atoms with Crippen LogP contribution in [-0.2, 0) is 6.42 Å². The topological polar surface area (TPSA) is 29.3 Å². The fraction of sp³-hybridized carbons (Fsp3) is 0.455. The summed E-state index contributed by atoms with van der Waals surface area (Å²) >= 11 is 12.2. The molecule has 2 nitrogen and oxygen atoms in total. The highest BCUT2D eigenvalue weighted by atomic mass is 35.5. The molecule has 0 bridgehead atoms. The molecule has 0 radical (unpaired) electrons. The van der Waals surface area contributed by atoms with Gasteiger partial charge in [0.1, 0.15) is 0 Å². The van der Waals surface area contributed by atoms with Gasteiger partial charge in [0.2, 0.25) is 0 Å². The van der Waals surface area contributed by atoms with Crippen molar-refractivity contribution in [3.8, 4) is 0 Å². The zero-order valence-corrected chi connectivity index (χ0v) is 17.9. The van der Waals surface area contributed by atoms with E-state index < -0.39 is 0 Å². The molecule has 0 aliphatic carbocycles. The lowest BCUT2D eigenvalue weighted by Crippen LogP contribution is -2.36. The third-order valence-corrected chi connectivity index (χ3v) is 6.31. The van der Waals surface area contributed by atoms with Gasteiger partial charge in [0.15, 0.2) is 0 Å². The predicted molar refractivity (Wildman–Crippen MR) is 119 cm³/mol. The number of benzene rings is 2. The van der Waals surface area contributed by atoms with E-state index in [0.717, 1.165) is 18.9 Å². The van der Waals surface area contributed by atoms with Crippen LogP contribution >= 0.6 is 35.6 Å². The SMILES string of the molecule is Cl.NCC(CCN1CCC(Cc2ccccc2)CC1)c1ccc(Cl)c(Cl)c1. The Morgan fingerprint density at radius 3 is 2.33 bits per heavy atom. The summed E-state index contributed by atoms with van der Waals surface area (Å²) < 4.78 is 0. The molecule has 0 aromatic heterocycles. The van der Waals surface area contributed by atoms with Crippen LogP contribution in [0.3, 0.4) is 0 Å². The third-order valence-electron chi connectivity index (χ3n) is 5.57. The molecule has 27 heavy (non-hydrogen) atoms. The Balaban J connectivity index is 0.00000261. The van der Waals surface area contributed by atoms with Crippen molar-refractivity contribution in [1.82, 2.24) is 4.90 Å². The number of halogens is 3. The van der Waals surface area contributed by atoms with Gasteiger partial charge < -0.3 is 10.6 Å². The zero-order chi connectivity index (χ0) is 18.4. The van der Waals surface area contributed by atoms with Crippen molar-refractivity contribution in [1.29, 1.82) is 0 Å². The van der Waals surface area contributed by atoms with Crippen molar-refractivity contribution in [2.24, 2.45) is 11.7 Å². The molecule has 1 heterocycles. The van der Waals surface area contributed by atoms with Crippen molar-refractivity contribution in [2.75, 3.05) is 26.2 Å². The lowest BCUT2D eigenvalue weighted by Gasteiger charge is -2.33. The molecule has 1 atom stereocenters. The summed E-state index contributed by atoms with van der Waals surface area (Å²) in [5, 5.41) is 1.22. The van der Waals surface area contributed by atoms with Crippen LogP contribution < -0.4 is 5.73 Å². The third kappa shape index (κ3) is 6.66. The minimum absolute atomic E-state index is 0. The highest BCUT2D eigenvalue weighted by Crippen LogP contribution is 2.28. The van der Waals surface area contributed by atoms with Gasteiger partial charge >= 0.3 is 0 Å². The molecule has 0 saturated carbocycles. The number of likely N-dealkylation sites (tertiary alicyclic amines) is 1. The van der Waals surface area contributed by atoms with Crippen LogP contribution in [0.5, 0.6) is 0 Å². The van der Waals surface area contributed by atoms with E-state index >= 15 is 0 Å². The molecule has 148 valence electrons. The van der Waals surface area contributed by atoms with Crippen LogP contribution in [0, 0.1) is 5.92 Å². The zero-order valence-electron chi connectivity index (χ0n) is 15.6. The van der Waals surface area contributed by atoms with Crippen molar-refractivity contribution < 1.29 is 0 Å². The molecule has 0 spiro atoms. The fourth-order valence-electron chi connectivity index (χ4n) is 3.89. The second kappa shape index (κ2) is 11.3. The highest BCUT2D eigenvalue weighted by Gasteiger charge is 2.20. The van der Waals surface area contributed by atoms with Crippen LogP contribution in [-0.4, -0.2) is 31.1 Å². The molecule has 2 N–H and O–H groups in total. The predicted octanol–water partition coefficient (Wildman–Crippen LogP) is 5.80. The quantitative estimate of drug-likeness (QED) is 0.605. The summed E-state index contributed by atoms with van der Waals surface area (Å²) in [7, 11) is 0. The molecule has 0 amide bonds. The van der Waals surface area contributed by atoms with E-state index in [-0.39, 0.29) is 12.4 Å². The van der Waals surface area contributed by atoms with Crippen molar-refractivity contribution in [3.63, 3.8) is 0 Å². The number of hydrogen-bond donors (Lipinski definition) is 1. The highest BCUT2D eigenvalue weighted by molar-refractivity contribution is 6.42. The molecular weight excluding hydrogens is 399 g/mol. The lowest BCUT2D eigenvalue weighted by molar-refractivity contribution is 0.179. The van der Waals surface area contributed by atoms with Gasteiger partial charge in [-0.25, -0.2) is 0 Å². The fourth-order valence-corrected chi connectivity index (χ4v) is 4.19. The Hall–Kier alpha value is -0.770. The summed E-state index contributed by atoms with van der Waals surface area (Å²) in [6.45, 7) is 4.12. The Bertz CT molecular complexity index is 685. The minimum atomic E-state index is 0. The van der Waals surface area contributed by atoms with E-state index in [1.165, 1.54) is 43.5 Å². The smallest absolute Gasteiger partial charge is 0.0595 e. The summed E-state index contributed by atoms with van der Waals surface area (Å²) in [6.07, 6.45) is 4.85. The van der Waals surface area contributed by atoms with Crippen LogP contribution in [0.4, 0.5) is 0 Å². The molecule has 1 aliphatic rings. The van der Waals surface area contributed by atoms with Gasteiger partial charge in [-0.3, -0.25) is 0 Å². The van der Waals surface area contributed by atoms with E-state index in [2.05, 4.69) is 41.3 Å². The first-order valence-corrected chi connectivity index (χ1v) is 10.3. The Morgan fingerprint density at radius 1 is 1.00 bits per heavy atom. The van der Waals surface area contributed by atoms with Crippen molar-refractivity contribution >= 4 is 35.6 Å². The largest absolute Gasteiger partial charge is 0.330 e. The van der Waals surface area contributed by atoms with Gasteiger partial charge in [-0.2, -0.15) is 0 Å². The summed E-state index contributed by atoms with van der Waals surface area (Å²) in [4.78, 5) is 2.58. The number of nitrogens with two attached hydrogens (primary N) is 1. The van der Waals surface area contributed by atoms with Gasteiger partial charge in [0.25, 0.3) is 0 Å². The molecular formula is C22H29Cl3N2. The molecule has 1 fully saturated rings. The first-order valence-electron chi connectivity index (χ1n) is 9.57. The summed E-state index contributed by atoms with van der Waals surface area (Å²) in [6, 6.07) is 16.8. The molecule has 3 rings (SSSR count). The normalized spacial score (nSPS) is 16.7. The Morgan fingerprint density at radius 2 is 1.70 bits per heavy atom. The Kier molecular flexibility index (Phi) is 9.41. The van der Waals surface area contributed by atoms with E-state index in [9.17, 15) is 0 Å². The average molecular weight is 428 g/mol. The second-order valence-electron chi connectivity index (χ2n) is 7.37. The Labute approximate surface area is 179 Å². The van der Waals surface area contributed by atoms with Crippen LogP contribution in [0.25, 0.3) is 0 Å². The maximum absolute atomic E-state index is 6.16. The molecule has 2 aromatic carbocycles. The maximum Gasteiger partial charge on any atom is 0.0595 e. The lowest BCUT2D eigenvalue weighted by atomic mass is 9.89. The van der Waals surface area contributed by atoms with Gasteiger partial charge in [0.05, 0.1) is 10.0 Å².